The molecule has 0 fully saturated rings. The maximum atomic E-state index is 13.1. The van der Waals surface area contributed by atoms with Crippen molar-refractivity contribution in [2.75, 3.05) is 0 Å². The number of hydrogen-bond donors (Lipinski definition) is 1. The molecule has 0 radical (unpaired) electrons. The number of benzene rings is 2. The molecule has 2 aromatic carbocycles. The van der Waals surface area contributed by atoms with Crippen LogP contribution in [0.4, 0.5) is 0 Å². The maximum absolute atomic E-state index is 13.1. The number of aromatic nitrogens is 1. The van der Waals surface area contributed by atoms with E-state index in [1.165, 1.54) is 4.57 Å². The van der Waals surface area contributed by atoms with Crippen LogP contribution < -0.4 is 4.74 Å². The van der Waals surface area contributed by atoms with E-state index in [4.69, 9.17) is 4.74 Å². The summed E-state index contributed by atoms with van der Waals surface area (Å²) in [7, 11) is 0. The van der Waals surface area contributed by atoms with Gasteiger partial charge in [0.05, 0.1) is 17.2 Å². The van der Waals surface area contributed by atoms with Gasteiger partial charge in [-0.2, -0.15) is 0 Å². The summed E-state index contributed by atoms with van der Waals surface area (Å²) in [5, 5.41) is 10.1. The molecule has 0 atom stereocenters. The second-order valence-electron chi connectivity index (χ2n) is 6.12. The number of carboxylic acid groups (broad SMARTS) is 1. The van der Waals surface area contributed by atoms with Gasteiger partial charge in [-0.15, -0.1) is 0 Å². The monoisotopic (exact) mass is 337 g/mol. The lowest BCUT2D eigenvalue weighted by atomic mass is 10.1. The Bertz CT molecular complexity index is 969. The molecule has 0 spiro atoms. The molecule has 0 unspecified atom stereocenters. The van der Waals surface area contributed by atoms with Crippen LogP contribution in [-0.4, -0.2) is 27.7 Å². The maximum Gasteiger partial charge on any atom is 0.338 e. The molecule has 1 heterocycles. The lowest BCUT2D eigenvalue weighted by Gasteiger charge is -2.12. The van der Waals surface area contributed by atoms with Gasteiger partial charge in [0, 0.05) is 16.6 Å². The fourth-order valence-electron chi connectivity index (χ4n) is 3.00. The van der Waals surface area contributed by atoms with Crippen molar-refractivity contribution in [3.05, 3.63) is 65.4 Å². The first-order chi connectivity index (χ1) is 11.9. The third-order valence-electron chi connectivity index (χ3n) is 3.98. The molecule has 5 heteroatoms. The number of rotatable bonds is 4. The number of carbonyl (C=O) groups is 2. The zero-order chi connectivity index (χ0) is 18.1. The van der Waals surface area contributed by atoms with E-state index in [2.05, 4.69) is 0 Å². The van der Waals surface area contributed by atoms with E-state index in [0.29, 0.717) is 27.9 Å². The van der Waals surface area contributed by atoms with E-state index in [9.17, 15) is 14.7 Å². The zero-order valence-electron chi connectivity index (χ0n) is 14.3. The first kappa shape index (κ1) is 16.8. The first-order valence-corrected chi connectivity index (χ1v) is 8.05. The summed E-state index contributed by atoms with van der Waals surface area (Å²) < 4.78 is 7.10. The summed E-state index contributed by atoms with van der Waals surface area (Å²) in [5.74, 6) is -0.721. The summed E-state index contributed by atoms with van der Waals surface area (Å²) in [6, 6.07) is 13.9. The van der Waals surface area contributed by atoms with Crippen LogP contribution in [0.2, 0.25) is 0 Å². The SMILES string of the molecule is Cc1c(C(=O)O)c2ccccc2n1C(=O)c1cccc(OC(C)C)c1. The topological polar surface area (TPSA) is 68.5 Å². The number of fused-ring (bicyclic) bond motifs is 1. The minimum Gasteiger partial charge on any atom is -0.491 e. The van der Waals surface area contributed by atoms with E-state index in [1.54, 1.807) is 55.5 Å². The largest absolute Gasteiger partial charge is 0.491 e. The average Bonchev–Trinajstić information content (AvgIpc) is 2.85. The van der Waals surface area contributed by atoms with Crippen LogP contribution in [-0.2, 0) is 0 Å². The summed E-state index contributed by atoms with van der Waals surface area (Å²) >= 11 is 0. The normalized spacial score (nSPS) is 11.0. The van der Waals surface area contributed by atoms with E-state index in [0.717, 1.165) is 0 Å². The minimum atomic E-state index is -1.04. The van der Waals surface area contributed by atoms with Gasteiger partial charge in [0.2, 0.25) is 0 Å². The molecule has 0 saturated heterocycles. The Hall–Kier alpha value is -3.08. The molecular weight excluding hydrogens is 318 g/mol. The highest BCUT2D eigenvalue weighted by atomic mass is 16.5. The van der Waals surface area contributed by atoms with Crippen molar-refractivity contribution in [1.29, 1.82) is 0 Å². The molecule has 0 aliphatic carbocycles. The second kappa shape index (κ2) is 6.43. The Labute approximate surface area is 145 Å². The van der Waals surface area contributed by atoms with Crippen molar-refractivity contribution in [2.24, 2.45) is 0 Å². The number of para-hydroxylation sites is 1. The van der Waals surface area contributed by atoms with Gasteiger partial charge in [-0.25, -0.2) is 4.79 Å². The van der Waals surface area contributed by atoms with Crippen LogP contribution in [0.1, 0.15) is 40.3 Å². The van der Waals surface area contributed by atoms with Crippen LogP contribution in [0.3, 0.4) is 0 Å². The molecule has 1 aromatic heterocycles. The van der Waals surface area contributed by atoms with Crippen LogP contribution in [0, 0.1) is 6.92 Å². The zero-order valence-corrected chi connectivity index (χ0v) is 14.3. The van der Waals surface area contributed by atoms with E-state index in [1.807, 2.05) is 13.8 Å². The molecule has 128 valence electrons. The lowest BCUT2D eigenvalue weighted by Crippen LogP contribution is -2.15. The van der Waals surface area contributed by atoms with Gasteiger partial charge in [0.15, 0.2) is 0 Å². The van der Waals surface area contributed by atoms with Gasteiger partial charge in [0.25, 0.3) is 5.91 Å². The number of hydrogen-bond acceptors (Lipinski definition) is 3. The van der Waals surface area contributed by atoms with Crippen LogP contribution >= 0.6 is 0 Å². The van der Waals surface area contributed by atoms with E-state index >= 15 is 0 Å². The smallest absolute Gasteiger partial charge is 0.338 e. The fraction of sp³-hybridized carbons (Fsp3) is 0.200. The van der Waals surface area contributed by atoms with Crippen molar-refractivity contribution >= 4 is 22.8 Å². The Morgan fingerprint density at radius 1 is 1.08 bits per heavy atom. The molecule has 0 saturated carbocycles. The van der Waals surface area contributed by atoms with Crippen molar-refractivity contribution in [3.8, 4) is 5.75 Å². The van der Waals surface area contributed by atoms with Gasteiger partial charge in [-0.3, -0.25) is 9.36 Å². The average molecular weight is 337 g/mol. The summed E-state index contributed by atoms with van der Waals surface area (Å²) in [4.78, 5) is 24.7. The highest BCUT2D eigenvalue weighted by Crippen LogP contribution is 2.27. The molecule has 3 rings (SSSR count). The van der Waals surface area contributed by atoms with Crippen molar-refractivity contribution in [3.63, 3.8) is 0 Å². The number of aromatic carboxylic acids is 1. The molecule has 1 N–H and O–H groups in total. The summed E-state index contributed by atoms with van der Waals surface area (Å²) in [5.41, 5.74) is 1.59. The molecular formula is C20H19NO4. The van der Waals surface area contributed by atoms with Crippen LogP contribution in [0.25, 0.3) is 10.9 Å². The van der Waals surface area contributed by atoms with Crippen molar-refractivity contribution in [2.45, 2.75) is 26.9 Å². The summed E-state index contributed by atoms with van der Waals surface area (Å²) in [6.07, 6.45) is -0.00175. The molecule has 0 aliphatic rings. The Morgan fingerprint density at radius 2 is 1.80 bits per heavy atom. The predicted octanol–water partition coefficient (Wildman–Crippen LogP) is 4.12. The number of ether oxygens (including phenoxy) is 1. The third-order valence-corrected chi connectivity index (χ3v) is 3.98. The molecule has 0 amide bonds. The van der Waals surface area contributed by atoms with Crippen molar-refractivity contribution in [1.82, 2.24) is 4.57 Å². The second-order valence-corrected chi connectivity index (χ2v) is 6.12. The van der Waals surface area contributed by atoms with Crippen LogP contribution in [0.5, 0.6) is 5.75 Å². The van der Waals surface area contributed by atoms with Gasteiger partial charge in [-0.05, 0) is 45.0 Å². The minimum absolute atomic E-state index is 0.00175. The molecule has 3 aromatic rings. The Kier molecular flexibility index (Phi) is 4.31. The van der Waals surface area contributed by atoms with Crippen molar-refractivity contribution < 1.29 is 19.4 Å². The van der Waals surface area contributed by atoms with Gasteiger partial charge in [0.1, 0.15) is 5.75 Å². The van der Waals surface area contributed by atoms with Gasteiger partial charge in [-0.1, -0.05) is 24.3 Å². The fourth-order valence-corrected chi connectivity index (χ4v) is 3.00. The molecule has 5 nitrogen and oxygen atoms in total. The number of carboxylic acids is 1. The van der Waals surface area contributed by atoms with E-state index < -0.39 is 5.97 Å². The first-order valence-electron chi connectivity index (χ1n) is 8.05. The third kappa shape index (κ3) is 3.01. The highest BCUT2D eigenvalue weighted by molar-refractivity contribution is 6.11. The lowest BCUT2D eigenvalue weighted by molar-refractivity contribution is 0.0698. The number of nitrogens with zero attached hydrogens (tertiary/aromatic N) is 1. The quantitative estimate of drug-likeness (QED) is 0.777. The molecule has 0 aliphatic heterocycles. The molecule has 0 bridgehead atoms. The predicted molar refractivity (Wildman–Crippen MR) is 95.6 cm³/mol. The summed E-state index contributed by atoms with van der Waals surface area (Å²) in [6.45, 7) is 5.48. The Morgan fingerprint density at radius 3 is 2.48 bits per heavy atom. The van der Waals surface area contributed by atoms with Crippen LogP contribution in [0.15, 0.2) is 48.5 Å². The standard InChI is InChI=1S/C20H19NO4/c1-12(2)25-15-8-6-7-14(11-15)19(22)21-13(3)18(20(23)24)16-9-4-5-10-17(16)21/h4-12H,1-3H3,(H,23,24). The highest BCUT2D eigenvalue weighted by Gasteiger charge is 2.23. The van der Waals surface area contributed by atoms with Gasteiger partial charge < -0.3 is 9.84 Å². The number of carbonyl (C=O) groups excluding carboxylic acids is 1. The Balaban J connectivity index is 2.15. The van der Waals surface area contributed by atoms with E-state index in [-0.39, 0.29) is 17.6 Å². The van der Waals surface area contributed by atoms with Gasteiger partial charge >= 0.3 is 5.97 Å². The molecule has 25 heavy (non-hydrogen) atoms.